The minimum absolute atomic E-state index is 0.302. The van der Waals surface area contributed by atoms with Gasteiger partial charge in [-0.25, -0.2) is 9.97 Å². The van der Waals surface area contributed by atoms with Crippen molar-refractivity contribution in [3.63, 3.8) is 0 Å². The fourth-order valence-electron chi connectivity index (χ4n) is 10.7. The molecule has 3 aromatic heterocycles. The van der Waals surface area contributed by atoms with Crippen LogP contribution in [0.1, 0.15) is 235 Å². The maximum atomic E-state index is 12.2. The number of halogens is 1. The molecule has 0 spiro atoms. The van der Waals surface area contributed by atoms with E-state index < -0.39 is 11.9 Å². The number of anilines is 2. The number of carboxylic acids is 2. The molecular weight excluding hydrogens is 1090 g/mol. The van der Waals surface area contributed by atoms with Crippen LogP contribution in [0.4, 0.5) is 11.6 Å². The zero-order valence-corrected chi connectivity index (χ0v) is 52.0. The predicted octanol–water partition coefficient (Wildman–Crippen LogP) is 15.0. The maximum absolute atomic E-state index is 12.2. The number of carbonyl (C=O) groups excluding carboxylic acids is 1. The number of nitrogens with zero attached hydrogens (tertiary/aromatic N) is 7. The lowest BCUT2D eigenvalue weighted by Gasteiger charge is -2.26. The monoisotopic (exact) mass is 1190 g/mol. The van der Waals surface area contributed by atoms with E-state index in [-0.39, 0.29) is 0 Å². The van der Waals surface area contributed by atoms with Crippen molar-refractivity contribution in [3.8, 4) is 22.5 Å². The summed E-state index contributed by atoms with van der Waals surface area (Å²) in [6.45, 7) is 9.58. The minimum atomic E-state index is -0.685. The second kappa shape index (κ2) is 42.0. The topological polar surface area (TPSA) is 206 Å². The van der Waals surface area contributed by atoms with Gasteiger partial charge in [0.25, 0.3) is 11.6 Å². The molecule has 15 heteroatoms. The van der Waals surface area contributed by atoms with Gasteiger partial charge in [0.2, 0.25) is 5.91 Å². The molecule has 2 aromatic carbocycles. The molecule has 2 aliphatic carbocycles. The van der Waals surface area contributed by atoms with Crippen LogP contribution < -0.4 is 20.8 Å². The Balaban J connectivity index is 0.000000259. The summed E-state index contributed by atoms with van der Waals surface area (Å²) in [4.78, 5) is 42.6. The van der Waals surface area contributed by atoms with Crippen LogP contribution in [0.25, 0.3) is 22.5 Å². The van der Waals surface area contributed by atoms with Gasteiger partial charge in [-0.05, 0) is 106 Å². The number of amides is 1. The van der Waals surface area contributed by atoms with E-state index in [0.29, 0.717) is 18.7 Å². The lowest BCUT2D eigenvalue weighted by molar-refractivity contribution is -0.740. The summed E-state index contributed by atoms with van der Waals surface area (Å²) in [5, 5.41) is 27.8. The summed E-state index contributed by atoms with van der Waals surface area (Å²) in [6.07, 6.45) is 38.5. The van der Waals surface area contributed by atoms with E-state index in [9.17, 15) is 14.4 Å². The van der Waals surface area contributed by atoms with Gasteiger partial charge >= 0.3 is 11.9 Å². The van der Waals surface area contributed by atoms with Crippen LogP contribution in [0.15, 0.2) is 79.1 Å². The highest BCUT2D eigenvalue weighted by Crippen LogP contribution is 2.35. The molecule has 4 heterocycles. The number of nitrogen functional groups attached to an aromatic ring is 2. The van der Waals surface area contributed by atoms with E-state index in [0.717, 1.165) is 131 Å². The lowest BCUT2D eigenvalue weighted by atomic mass is 10.1. The number of likely N-dealkylation sites (tertiary alicyclic amines) is 1. The maximum Gasteiger partial charge on any atom is 0.303 e. The second-order valence-corrected chi connectivity index (χ2v) is 22.7. The van der Waals surface area contributed by atoms with Crippen molar-refractivity contribution in [1.29, 1.82) is 0 Å². The normalized spacial score (nSPS) is 12.4. The number of alkyl halides is 1. The Morgan fingerprint density at radius 3 is 1.24 bits per heavy atom. The Bertz CT molecular complexity index is 2580. The van der Waals surface area contributed by atoms with E-state index in [1.807, 2.05) is 30.1 Å². The molecule has 1 amide bonds. The molecule has 3 aliphatic rings. The van der Waals surface area contributed by atoms with Crippen LogP contribution in [0, 0.1) is 6.92 Å². The third-order valence-corrected chi connectivity index (χ3v) is 15.9. The van der Waals surface area contributed by atoms with Crippen LogP contribution in [-0.4, -0.2) is 71.5 Å². The molecule has 5 aromatic rings. The SMILES string of the molecule is CC.Cc1ncccn1.Nc1cc2c(n[n+]1CCCCCCCCCCC(=O)N1CCCCC1)-c1ccccc1C2.Nc1cc2c(n[n+]1CCCCCCCCCCC(=O)O)-c1ccccc1C2.O=C(O)CCCCCCCCCCBr. The van der Waals surface area contributed by atoms with Crippen LogP contribution in [-0.2, 0) is 40.3 Å². The van der Waals surface area contributed by atoms with Gasteiger partial charge in [-0.2, -0.15) is 0 Å². The minimum Gasteiger partial charge on any atom is -0.481 e. The van der Waals surface area contributed by atoms with Gasteiger partial charge in [-0.15, -0.1) is 9.36 Å². The van der Waals surface area contributed by atoms with Crippen LogP contribution in [0.5, 0.6) is 0 Å². The molecule has 0 bridgehead atoms. The smallest absolute Gasteiger partial charge is 0.303 e. The summed E-state index contributed by atoms with van der Waals surface area (Å²) in [5.74, 6) is 1.38. The standard InChI is InChI=1S/C27H38N4O.C22H29N3O2.C11H21BrO2.C5H6N2.C2H6/c28-25-21-23-20-22-14-9-10-15-24(22)27(23)29-31(25)19-13-6-4-2-1-3-5-8-16-26(32)30-17-11-7-12-18-30;23-20-16-18-15-17-11-8-9-12-19(17)22(18)24-25(20)14-10-6-4-2-1-3-5-7-13-21(26)27;12-10-8-6-4-2-1-3-5-7-9-11(13)14;1-5-6-3-2-4-7-5;1-2/h9-10,14-15,21,28H,1-8,11-13,16-20H2;8-9,11-12,16,23H,1-7,10,13-15H2,(H,26,27);1-10H2,(H,13,14);2-4H,1H3;1-2H3/p+2. The highest BCUT2D eigenvalue weighted by molar-refractivity contribution is 9.09. The van der Waals surface area contributed by atoms with Crippen molar-refractivity contribution < 1.29 is 34.0 Å². The molecule has 0 unspecified atom stereocenters. The number of rotatable bonds is 32. The molecule has 1 fully saturated rings. The number of aromatic nitrogens is 6. The largest absolute Gasteiger partial charge is 0.481 e. The molecule has 82 heavy (non-hydrogen) atoms. The average Bonchev–Trinajstić information content (AvgIpc) is 3.90. The van der Waals surface area contributed by atoms with Gasteiger partial charge in [0.15, 0.2) is 0 Å². The molecule has 14 nitrogen and oxygen atoms in total. The zero-order valence-electron chi connectivity index (χ0n) is 50.5. The second-order valence-electron chi connectivity index (χ2n) is 21.9. The van der Waals surface area contributed by atoms with Crippen molar-refractivity contribution in [2.75, 3.05) is 29.9 Å². The molecule has 6 N–H and O–H groups in total. The Hall–Kier alpha value is -5.83. The molecule has 450 valence electrons. The Kier molecular flexibility index (Phi) is 35.2. The van der Waals surface area contributed by atoms with Gasteiger partial charge in [0.1, 0.15) is 30.3 Å². The van der Waals surface area contributed by atoms with E-state index in [2.05, 4.69) is 91.5 Å². The molecule has 1 saturated heterocycles. The van der Waals surface area contributed by atoms with E-state index in [1.54, 1.807) is 18.5 Å². The first-order valence-electron chi connectivity index (χ1n) is 31.6. The Labute approximate surface area is 500 Å². The molecule has 8 rings (SSSR count). The van der Waals surface area contributed by atoms with Crippen LogP contribution >= 0.6 is 15.9 Å². The lowest BCUT2D eigenvalue weighted by Crippen LogP contribution is -2.41. The number of carbonyl (C=O) groups is 3. The van der Waals surface area contributed by atoms with Crippen LogP contribution in [0.2, 0.25) is 0 Å². The summed E-state index contributed by atoms with van der Waals surface area (Å²) in [6, 6.07) is 23.0. The van der Waals surface area contributed by atoms with Crippen molar-refractivity contribution in [3.05, 3.63) is 107 Å². The highest BCUT2D eigenvalue weighted by atomic mass is 79.9. The fraction of sp³-hybridized carbons (Fsp3) is 0.597. The third-order valence-electron chi connectivity index (χ3n) is 15.3. The molecule has 0 saturated carbocycles. The van der Waals surface area contributed by atoms with Gasteiger partial charge in [0, 0.05) is 86.2 Å². The van der Waals surface area contributed by atoms with Gasteiger partial charge in [0.05, 0.1) is 0 Å². The van der Waals surface area contributed by atoms with E-state index >= 15 is 0 Å². The number of fused-ring (bicyclic) bond motifs is 6. The number of hydrogen-bond acceptors (Lipinski definition) is 9. The summed E-state index contributed by atoms with van der Waals surface area (Å²) in [7, 11) is 0. The van der Waals surface area contributed by atoms with Crippen molar-refractivity contribution in [2.24, 2.45) is 0 Å². The number of hydrogen-bond donors (Lipinski definition) is 4. The predicted molar refractivity (Wildman–Crippen MR) is 336 cm³/mol. The van der Waals surface area contributed by atoms with Gasteiger partial charge in [-0.1, -0.05) is 191 Å². The molecule has 0 atom stereocenters. The Morgan fingerprint density at radius 1 is 0.500 bits per heavy atom. The highest BCUT2D eigenvalue weighted by Gasteiger charge is 2.25. The quantitative estimate of drug-likeness (QED) is 0.0177. The summed E-state index contributed by atoms with van der Waals surface area (Å²) < 4.78 is 3.94. The van der Waals surface area contributed by atoms with Gasteiger partial charge in [-0.3, -0.25) is 25.9 Å². The first kappa shape index (κ1) is 68.7. The molecule has 0 radical (unpaired) electrons. The van der Waals surface area contributed by atoms with Gasteiger partial charge < -0.3 is 15.1 Å². The molecular formula is C67H102BrN9O5+2. The number of nitrogens with two attached hydrogens (primary N) is 2. The molecule has 1 aliphatic heterocycles. The van der Waals surface area contributed by atoms with E-state index in [4.69, 9.17) is 31.9 Å². The Morgan fingerprint density at radius 2 is 0.866 bits per heavy atom. The third kappa shape index (κ3) is 27.0. The number of aliphatic carboxylic acids is 2. The average molecular weight is 1190 g/mol. The summed E-state index contributed by atoms with van der Waals surface area (Å²) in [5.41, 5.74) is 22.3. The van der Waals surface area contributed by atoms with Crippen molar-refractivity contribution in [1.82, 2.24) is 25.1 Å². The number of aryl methyl sites for hydroxylation is 3. The van der Waals surface area contributed by atoms with Crippen molar-refractivity contribution >= 4 is 45.4 Å². The zero-order chi connectivity index (χ0) is 59.0. The van der Waals surface area contributed by atoms with E-state index in [1.165, 1.54) is 155 Å². The van der Waals surface area contributed by atoms with Crippen molar-refractivity contribution in [2.45, 2.75) is 239 Å². The number of benzene rings is 2. The first-order valence-corrected chi connectivity index (χ1v) is 32.7. The number of carboxylic acid groups (broad SMARTS) is 2. The number of piperidine rings is 1. The fourth-order valence-corrected chi connectivity index (χ4v) is 11.1. The number of unbranched alkanes of at least 4 members (excludes halogenated alkanes) is 21. The summed E-state index contributed by atoms with van der Waals surface area (Å²) >= 11 is 3.41. The first-order chi connectivity index (χ1) is 40.0. The van der Waals surface area contributed by atoms with Crippen LogP contribution in [0.3, 0.4) is 0 Å².